The van der Waals surface area contributed by atoms with Gasteiger partial charge in [0.2, 0.25) is 5.91 Å². The van der Waals surface area contributed by atoms with Gasteiger partial charge in [0.1, 0.15) is 10.9 Å². The van der Waals surface area contributed by atoms with Gasteiger partial charge in [-0.25, -0.2) is 0 Å². The fourth-order valence-corrected chi connectivity index (χ4v) is 3.71. The van der Waals surface area contributed by atoms with Crippen molar-refractivity contribution in [1.82, 2.24) is 14.7 Å². The minimum absolute atomic E-state index is 0.0250. The topological polar surface area (TPSA) is 47.4 Å². The number of methoxy groups -OCH3 is 1. The smallest absolute Gasteiger partial charge is 0.227 e. The van der Waals surface area contributed by atoms with Gasteiger partial charge >= 0.3 is 0 Å². The predicted molar refractivity (Wildman–Crippen MR) is 93.3 cm³/mol. The molecule has 1 saturated heterocycles. The van der Waals surface area contributed by atoms with Crippen LogP contribution in [0.4, 0.5) is 0 Å². The van der Waals surface area contributed by atoms with Crippen molar-refractivity contribution in [2.24, 2.45) is 7.05 Å². The van der Waals surface area contributed by atoms with Gasteiger partial charge in [-0.1, -0.05) is 23.7 Å². The minimum Gasteiger partial charge on any atom is -0.497 e. The molecule has 0 aliphatic carbocycles. The lowest BCUT2D eigenvalue weighted by atomic mass is 10.0. The van der Waals surface area contributed by atoms with Crippen LogP contribution < -0.4 is 4.74 Å². The van der Waals surface area contributed by atoms with E-state index in [0.717, 1.165) is 42.0 Å². The van der Waals surface area contributed by atoms with Crippen molar-refractivity contribution in [1.29, 1.82) is 0 Å². The van der Waals surface area contributed by atoms with E-state index in [-0.39, 0.29) is 11.9 Å². The van der Waals surface area contributed by atoms with Crippen LogP contribution in [0.2, 0.25) is 5.15 Å². The van der Waals surface area contributed by atoms with Crippen LogP contribution in [0.1, 0.15) is 35.7 Å². The third kappa shape index (κ3) is 3.13. The fraction of sp³-hybridized carbons (Fsp3) is 0.444. The number of amides is 1. The van der Waals surface area contributed by atoms with Gasteiger partial charge < -0.3 is 9.64 Å². The highest BCUT2D eigenvalue weighted by atomic mass is 35.5. The number of hydrogen-bond donors (Lipinski definition) is 0. The molecule has 0 saturated carbocycles. The standard InChI is InChI=1S/C18H22ClN3O2/c1-12-17(18(19)21(2)20-12)15-5-4-10-22(15)16(23)11-13-6-8-14(24-3)9-7-13/h6-9,15H,4-5,10-11H2,1-3H3. The highest BCUT2D eigenvalue weighted by Crippen LogP contribution is 2.37. The lowest BCUT2D eigenvalue weighted by Crippen LogP contribution is -2.32. The fourth-order valence-electron chi connectivity index (χ4n) is 3.41. The number of halogens is 1. The number of hydrogen-bond acceptors (Lipinski definition) is 3. The molecule has 1 aromatic heterocycles. The third-order valence-corrected chi connectivity index (χ3v) is 5.07. The molecule has 6 heteroatoms. The van der Waals surface area contributed by atoms with Gasteiger partial charge in [0.25, 0.3) is 0 Å². The first-order valence-electron chi connectivity index (χ1n) is 8.12. The van der Waals surface area contributed by atoms with E-state index in [0.29, 0.717) is 11.6 Å². The first kappa shape index (κ1) is 16.8. The second-order valence-electron chi connectivity index (χ2n) is 6.18. The van der Waals surface area contributed by atoms with Gasteiger partial charge in [-0.15, -0.1) is 0 Å². The number of aromatic nitrogens is 2. The minimum atomic E-state index is 0.0250. The SMILES string of the molecule is COc1ccc(CC(=O)N2CCCC2c2c(C)nn(C)c2Cl)cc1. The summed E-state index contributed by atoms with van der Waals surface area (Å²) < 4.78 is 6.84. The largest absolute Gasteiger partial charge is 0.497 e. The zero-order valence-corrected chi connectivity index (χ0v) is 15.0. The third-order valence-electron chi connectivity index (χ3n) is 4.62. The van der Waals surface area contributed by atoms with E-state index in [2.05, 4.69) is 5.10 Å². The van der Waals surface area contributed by atoms with Gasteiger partial charge in [-0.05, 0) is 37.5 Å². The number of carbonyl (C=O) groups excluding carboxylic acids is 1. The lowest BCUT2D eigenvalue weighted by molar-refractivity contribution is -0.131. The van der Waals surface area contributed by atoms with Crippen molar-refractivity contribution in [3.05, 3.63) is 46.2 Å². The Labute approximate surface area is 147 Å². The lowest BCUT2D eigenvalue weighted by Gasteiger charge is -2.25. The second-order valence-corrected chi connectivity index (χ2v) is 6.54. The van der Waals surface area contributed by atoms with E-state index < -0.39 is 0 Å². The van der Waals surface area contributed by atoms with Crippen molar-refractivity contribution in [2.75, 3.05) is 13.7 Å². The van der Waals surface area contributed by atoms with Crippen LogP contribution in [0.3, 0.4) is 0 Å². The first-order chi connectivity index (χ1) is 11.5. The number of rotatable bonds is 4. The summed E-state index contributed by atoms with van der Waals surface area (Å²) in [4.78, 5) is 14.8. The number of ether oxygens (including phenoxy) is 1. The second kappa shape index (κ2) is 6.85. The molecule has 0 N–H and O–H groups in total. The monoisotopic (exact) mass is 347 g/mol. The molecule has 1 aliphatic rings. The molecule has 0 bridgehead atoms. The summed E-state index contributed by atoms with van der Waals surface area (Å²) >= 11 is 6.41. The molecule has 128 valence electrons. The van der Waals surface area contributed by atoms with Gasteiger partial charge in [-0.2, -0.15) is 5.10 Å². The predicted octanol–water partition coefficient (Wildman–Crippen LogP) is 3.30. The summed E-state index contributed by atoms with van der Waals surface area (Å²) in [5.41, 5.74) is 2.87. The summed E-state index contributed by atoms with van der Waals surface area (Å²) in [5.74, 6) is 0.921. The maximum absolute atomic E-state index is 12.8. The van der Waals surface area contributed by atoms with E-state index >= 15 is 0 Å². The van der Waals surface area contributed by atoms with Crippen molar-refractivity contribution in [3.8, 4) is 5.75 Å². The van der Waals surface area contributed by atoms with E-state index in [4.69, 9.17) is 16.3 Å². The number of aryl methyl sites for hydroxylation is 2. The summed E-state index contributed by atoms with van der Waals surface area (Å²) in [6, 6.07) is 7.66. The molecule has 1 unspecified atom stereocenters. The summed E-state index contributed by atoms with van der Waals surface area (Å²) in [7, 11) is 3.46. The van der Waals surface area contributed by atoms with E-state index in [1.807, 2.05) is 43.1 Å². The number of benzene rings is 1. The molecule has 1 atom stereocenters. The Balaban J connectivity index is 1.78. The Morgan fingerprint density at radius 3 is 2.67 bits per heavy atom. The highest BCUT2D eigenvalue weighted by Gasteiger charge is 2.33. The molecule has 0 spiro atoms. The molecule has 1 aromatic carbocycles. The average molecular weight is 348 g/mol. The van der Waals surface area contributed by atoms with Crippen LogP contribution in [-0.4, -0.2) is 34.2 Å². The molecule has 1 aliphatic heterocycles. The van der Waals surface area contributed by atoms with E-state index in [1.165, 1.54) is 0 Å². The van der Waals surface area contributed by atoms with Crippen molar-refractivity contribution < 1.29 is 9.53 Å². The maximum atomic E-state index is 12.8. The average Bonchev–Trinajstić information content (AvgIpc) is 3.13. The van der Waals surface area contributed by atoms with Crippen LogP contribution in [0.15, 0.2) is 24.3 Å². The summed E-state index contributed by atoms with van der Waals surface area (Å²) in [6.45, 7) is 2.72. The van der Waals surface area contributed by atoms with Crippen LogP contribution in [0.25, 0.3) is 0 Å². The zero-order chi connectivity index (χ0) is 17.3. The summed E-state index contributed by atoms with van der Waals surface area (Å²) in [6.07, 6.45) is 2.31. The number of likely N-dealkylation sites (tertiary alicyclic amines) is 1. The summed E-state index contributed by atoms with van der Waals surface area (Å²) in [5, 5.41) is 5.01. The Bertz CT molecular complexity index is 739. The molecule has 2 heterocycles. The Kier molecular flexibility index (Phi) is 4.81. The molecule has 1 amide bonds. The van der Waals surface area contributed by atoms with Gasteiger partial charge in [0.05, 0.1) is 25.3 Å². The van der Waals surface area contributed by atoms with Crippen LogP contribution in [0.5, 0.6) is 5.75 Å². The quantitative estimate of drug-likeness (QED) is 0.852. The van der Waals surface area contributed by atoms with Crippen molar-refractivity contribution >= 4 is 17.5 Å². The highest BCUT2D eigenvalue weighted by molar-refractivity contribution is 6.30. The molecule has 3 rings (SSSR count). The zero-order valence-electron chi connectivity index (χ0n) is 14.3. The molecule has 1 fully saturated rings. The van der Waals surface area contributed by atoms with E-state index in [9.17, 15) is 4.79 Å². The van der Waals surface area contributed by atoms with Crippen molar-refractivity contribution in [3.63, 3.8) is 0 Å². The Morgan fingerprint density at radius 2 is 2.08 bits per heavy atom. The number of nitrogens with zero attached hydrogens (tertiary/aromatic N) is 3. The van der Waals surface area contributed by atoms with Crippen molar-refractivity contribution in [2.45, 2.75) is 32.2 Å². The number of carbonyl (C=O) groups is 1. The van der Waals surface area contributed by atoms with E-state index in [1.54, 1.807) is 11.8 Å². The van der Waals surface area contributed by atoms with Gasteiger partial charge in [0, 0.05) is 19.2 Å². The van der Waals surface area contributed by atoms with Crippen LogP contribution in [-0.2, 0) is 18.3 Å². The first-order valence-corrected chi connectivity index (χ1v) is 8.50. The Morgan fingerprint density at radius 1 is 1.38 bits per heavy atom. The van der Waals surface area contributed by atoms with Crippen LogP contribution in [0, 0.1) is 6.92 Å². The molecular weight excluding hydrogens is 326 g/mol. The maximum Gasteiger partial charge on any atom is 0.227 e. The van der Waals surface area contributed by atoms with Crippen LogP contribution >= 0.6 is 11.6 Å². The molecule has 24 heavy (non-hydrogen) atoms. The molecular formula is C18H22ClN3O2. The van der Waals surface area contributed by atoms with Gasteiger partial charge in [-0.3, -0.25) is 9.48 Å². The molecule has 5 nitrogen and oxygen atoms in total. The molecule has 2 aromatic rings. The Hall–Kier alpha value is -2.01. The van der Waals surface area contributed by atoms with Gasteiger partial charge in [0.15, 0.2) is 0 Å². The normalized spacial score (nSPS) is 17.3. The molecule has 0 radical (unpaired) electrons.